The maximum Gasteiger partial charge on any atom is 0.264 e. The summed E-state index contributed by atoms with van der Waals surface area (Å²) in [5.41, 5.74) is 8.32. The number of anilines is 2. The fourth-order valence-corrected chi connectivity index (χ4v) is 4.30. The third kappa shape index (κ3) is 5.15. The van der Waals surface area contributed by atoms with E-state index in [-0.39, 0.29) is 28.4 Å². The van der Waals surface area contributed by atoms with Crippen LogP contribution in [0.3, 0.4) is 0 Å². The van der Waals surface area contributed by atoms with E-state index in [1.54, 1.807) is 18.2 Å². The van der Waals surface area contributed by atoms with Gasteiger partial charge >= 0.3 is 0 Å². The van der Waals surface area contributed by atoms with E-state index >= 15 is 0 Å². The quantitative estimate of drug-likeness (QED) is 0.336. The molecule has 174 valence electrons. The van der Waals surface area contributed by atoms with Crippen molar-refractivity contribution < 1.29 is 17.5 Å². The molecule has 0 aliphatic rings. The maximum atomic E-state index is 14.2. The van der Waals surface area contributed by atoms with Crippen molar-refractivity contribution in [2.75, 3.05) is 10.5 Å². The lowest BCUT2D eigenvalue weighted by Gasteiger charge is -2.15. The number of nitrogens with two attached hydrogens (primary N) is 1. The second-order valence-electron chi connectivity index (χ2n) is 7.86. The molecule has 1 aromatic heterocycles. The van der Waals surface area contributed by atoms with Gasteiger partial charge in [-0.2, -0.15) is 4.98 Å². The van der Waals surface area contributed by atoms with Crippen molar-refractivity contribution in [1.82, 2.24) is 9.97 Å². The van der Waals surface area contributed by atoms with Gasteiger partial charge < -0.3 is 10.5 Å². The summed E-state index contributed by atoms with van der Waals surface area (Å²) in [5.74, 6) is -0.661. The van der Waals surface area contributed by atoms with Crippen molar-refractivity contribution in [2.24, 2.45) is 0 Å². The number of hydrogen-bond acceptors (Lipinski definition) is 6. The van der Waals surface area contributed by atoms with Crippen LogP contribution in [-0.4, -0.2) is 18.4 Å². The minimum atomic E-state index is -4.01. The third-order valence-corrected chi connectivity index (χ3v) is 6.37. The van der Waals surface area contributed by atoms with Gasteiger partial charge in [0.05, 0.1) is 10.6 Å². The van der Waals surface area contributed by atoms with Gasteiger partial charge in [-0.3, -0.25) is 0 Å². The molecule has 34 heavy (non-hydrogen) atoms. The molecule has 4 rings (SSSR count). The molecule has 4 aromatic rings. The Labute approximate surface area is 197 Å². The first-order chi connectivity index (χ1) is 16.2. The van der Waals surface area contributed by atoms with Crippen LogP contribution >= 0.6 is 0 Å². The molecule has 7 nitrogen and oxygen atoms in total. The predicted molar refractivity (Wildman–Crippen MR) is 130 cm³/mol. The van der Waals surface area contributed by atoms with E-state index in [2.05, 4.69) is 14.7 Å². The smallest absolute Gasteiger partial charge is 0.264 e. The monoisotopic (exact) mass is 478 g/mol. The lowest BCUT2D eigenvalue weighted by atomic mass is 9.95. The first-order valence-corrected chi connectivity index (χ1v) is 12.0. The van der Waals surface area contributed by atoms with Gasteiger partial charge in [0, 0.05) is 17.3 Å². The highest BCUT2D eigenvalue weighted by molar-refractivity contribution is 7.92. The van der Waals surface area contributed by atoms with E-state index in [0.717, 1.165) is 11.1 Å². The Hall–Kier alpha value is -3.98. The van der Waals surface area contributed by atoms with Gasteiger partial charge in [-0.15, -0.1) is 0 Å². The summed E-state index contributed by atoms with van der Waals surface area (Å²) in [6, 6.07) is 20.8. The lowest BCUT2D eigenvalue weighted by molar-refractivity contribution is 0.427. The molecule has 0 spiro atoms. The Bertz CT molecular complexity index is 1420. The second kappa shape index (κ2) is 9.48. The molecule has 1 heterocycles. The van der Waals surface area contributed by atoms with E-state index in [1.807, 2.05) is 38.1 Å². The molecule has 0 aliphatic heterocycles. The number of para-hydroxylation sites is 1. The highest BCUT2D eigenvalue weighted by Crippen LogP contribution is 2.32. The van der Waals surface area contributed by atoms with Gasteiger partial charge in [0.1, 0.15) is 0 Å². The minimum absolute atomic E-state index is 0.00476. The van der Waals surface area contributed by atoms with Crippen molar-refractivity contribution in [3.63, 3.8) is 0 Å². The SMILES string of the molecule is CC(C)c1ccccc1-c1cc(Oc2ccccc2F)nc(NS(=O)(=O)c2ccc(N)cc2)n1. The molecular formula is C25H23FN4O3S. The molecule has 9 heteroatoms. The number of aromatic nitrogens is 2. The summed E-state index contributed by atoms with van der Waals surface area (Å²) in [5, 5.41) is 0. The molecule has 0 saturated carbocycles. The zero-order valence-corrected chi connectivity index (χ0v) is 19.4. The van der Waals surface area contributed by atoms with Gasteiger partial charge in [0.15, 0.2) is 11.6 Å². The van der Waals surface area contributed by atoms with E-state index in [9.17, 15) is 12.8 Å². The zero-order valence-electron chi connectivity index (χ0n) is 18.6. The molecular weight excluding hydrogens is 455 g/mol. The van der Waals surface area contributed by atoms with E-state index < -0.39 is 15.8 Å². The summed E-state index contributed by atoms with van der Waals surface area (Å²) < 4.78 is 48.1. The molecule has 0 aliphatic carbocycles. The average Bonchev–Trinajstić information content (AvgIpc) is 2.80. The van der Waals surface area contributed by atoms with Crippen molar-refractivity contribution in [3.05, 3.63) is 90.2 Å². The summed E-state index contributed by atoms with van der Waals surface area (Å²) in [4.78, 5) is 8.62. The molecule has 0 saturated heterocycles. The predicted octanol–water partition coefficient (Wildman–Crippen LogP) is 5.58. The number of nitrogen functional groups attached to an aromatic ring is 1. The van der Waals surface area contributed by atoms with E-state index in [1.165, 1.54) is 36.4 Å². The number of nitrogens with one attached hydrogen (secondary N) is 1. The standard InChI is InChI=1S/C25H23FN4O3S/c1-16(2)19-7-3-4-8-20(19)22-15-24(33-23-10-6-5-9-21(23)26)29-25(28-22)30-34(31,32)18-13-11-17(27)12-14-18/h3-16H,27H2,1-2H3,(H,28,29,30). The number of sulfonamides is 1. The molecule has 0 atom stereocenters. The fourth-order valence-electron chi connectivity index (χ4n) is 3.36. The number of rotatable bonds is 7. The van der Waals surface area contributed by atoms with Gasteiger partial charge in [0.25, 0.3) is 10.0 Å². The normalized spacial score (nSPS) is 11.4. The number of hydrogen-bond donors (Lipinski definition) is 2. The summed E-state index contributed by atoms with van der Waals surface area (Å²) in [6.07, 6.45) is 0. The van der Waals surface area contributed by atoms with E-state index in [4.69, 9.17) is 10.5 Å². The minimum Gasteiger partial charge on any atom is -0.436 e. The molecule has 0 radical (unpaired) electrons. The van der Waals surface area contributed by atoms with Gasteiger partial charge in [0.2, 0.25) is 11.8 Å². The maximum absolute atomic E-state index is 14.2. The molecule has 0 unspecified atom stereocenters. The Kier molecular flexibility index (Phi) is 6.47. The van der Waals surface area contributed by atoms with Crippen LogP contribution in [0, 0.1) is 5.82 Å². The highest BCUT2D eigenvalue weighted by Gasteiger charge is 2.19. The second-order valence-corrected chi connectivity index (χ2v) is 9.55. The highest BCUT2D eigenvalue weighted by atomic mass is 32.2. The first kappa shape index (κ1) is 23.2. The molecule has 3 N–H and O–H groups in total. The number of halogens is 1. The topological polar surface area (TPSA) is 107 Å². The van der Waals surface area contributed by atoms with Crippen molar-refractivity contribution in [1.29, 1.82) is 0 Å². The number of ether oxygens (including phenoxy) is 1. The Balaban J connectivity index is 1.80. The molecule has 0 amide bonds. The van der Waals surface area contributed by atoms with Crippen molar-refractivity contribution >= 4 is 21.7 Å². The van der Waals surface area contributed by atoms with Crippen LogP contribution in [0.4, 0.5) is 16.0 Å². The van der Waals surface area contributed by atoms with Crippen LogP contribution in [0.15, 0.2) is 83.8 Å². The van der Waals surface area contributed by atoms with Crippen LogP contribution in [0.1, 0.15) is 25.3 Å². The van der Waals surface area contributed by atoms with Gasteiger partial charge in [-0.1, -0.05) is 50.2 Å². The summed E-state index contributed by atoms with van der Waals surface area (Å²) in [6.45, 7) is 4.09. The molecule has 0 bridgehead atoms. The largest absolute Gasteiger partial charge is 0.436 e. The average molecular weight is 479 g/mol. The number of benzene rings is 3. The van der Waals surface area contributed by atoms with Crippen LogP contribution in [0.25, 0.3) is 11.3 Å². The summed E-state index contributed by atoms with van der Waals surface area (Å²) >= 11 is 0. The Morgan fingerprint density at radius 3 is 2.32 bits per heavy atom. The van der Waals surface area contributed by atoms with Crippen LogP contribution < -0.4 is 15.2 Å². The summed E-state index contributed by atoms with van der Waals surface area (Å²) in [7, 11) is -4.01. The Morgan fingerprint density at radius 2 is 1.62 bits per heavy atom. The third-order valence-electron chi connectivity index (χ3n) is 5.03. The molecule has 0 fully saturated rings. The van der Waals surface area contributed by atoms with Crippen LogP contribution in [0.5, 0.6) is 11.6 Å². The zero-order chi connectivity index (χ0) is 24.3. The van der Waals surface area contributed by atoms with Crippen LogP contribution in [-0.2, 0) is 10.0 Å². The van der Waals surface area contributed by atoms with Crippen LogP contribution in [0.2, 0.25) is 0 Å². The van der Waals surface area contributed by atoms with Crippen molar-refractivity contribution in [3.8, 4) is 22.9 Å². The van der Waals surface area contributed by atoms with Crippen molar-refractivity contribution in [2.45, 2.75) is 24.7 Å². The van der Waals surface area contributed by atoms with Gasteiger partial charge in [-0.05, 0) is 47.9 Å². The molecule has 3 aromatic carbocycles. The Morgan fingerprint density at radius 1 is 0.941 bits per heavy atom. The lowest BCUT2D eigenvalue weighted by Crippen LogP contribution is -2.15. The fraction of sp³-hybridized carbons (Fsp3) is 0.120. The van der Waals surface area contributed by atoms with E-state index in [0.29, 0.717) is 11.4 Å². The van der Waals surface area contributed by atoms with Gasteiger partial charge in [-0.25, -0.2) is 22.5 Å². The first-order valence-electron chi connectivity index (χ1n) is 10.5. The number of nitrogens with zero attached hydrogens (tertiary/aromatic N) is 2.